The Morgan fingerprint density at radius 2 is 1.70 bits per heavy atom. The molecule has 3 heterocycles. The van der Waals surface area contributed by atoms with E-state index in [0.29, 0.717) is 0 Å². The molecule has 0 aliphatic heterocycles. The molecule has 0 unspecified atom stereocenters. The van der Waals surface area contributed by atoms with Crippen molar-refractivity contribution in [1.29, 1.82) is 0 Å². The monoisotopic (exact) mass is 572 g/mol. The van der Waals surface area contributed by atoms with E-state index >= 15 is 0 Å². The Balaban J connectivity index is 0.000000175. The summed E-state index contributed by atoms with van der Waals surface area (Å²) in [6.07, 6.45) is 7.97. The Morgan fingerprint density at radius 1 is 0.900 bits per heavy atom. The number of imidazole rings is 1. The Bertz CT molecular complexity index is 1190. The molecule has 0 aliphatic carbocycles. The number of hydrogen-bond donors (Lipinski definition) is 0. The Morgan fingerprint density at radius 3 is 2.37 bits per heavy atom. The minimum absolute atomic E-state index is 0. The van der Waals surface area contributed by atoms with Gasteiger partial charge in [0.2, 0.25) is 0 Å². The van der Waals surface area contributed by atoms with Crippen molar-refractivity contribution in [1.82, 2.24) is 18.7 Å². The van der Waals surface area contributed by atoms with Gasteiger partial charge >= 0.3 is 0 Å². The fraction of sp³-hybridized carbons (Fsp3) is 0.120. The van der Waals surface area contributed by atoms with Crippen LogP contribution in [-0.4, -0.2) is 18.7 Å². The summed E-state index contributed by atoms with van der Waals surface area (Å²) >= 11 is 0. The molecule has 153 valence electrons. The zero-order valence-corrected chi connectivity index (χ0v) is 19.6. The van der Waals surface area contributed by atoms with Gasteiger partial charge in [-0.3, -0.25) is 9.13 Å². The van der Waals surface area contributed by atoms with Gasteiger partial charge in [0, 0.05) is 46.1 Å². The van der Waals surface area contributed by atoms with E-state index in [0.717, 1.165) is 11.3 Å². The summed E-state index contributed by atoms with van der Waals surface area (Å²) in [5, 5.41) is 1.17. The fourth-order valence-corrected chi connectivity index (χ4v) is 3.39. The summed E-state index contributed by atoms with van der Waals surface area (Å²) in [6.45, 7) is 2.14. The molecule has 30 heavy (non-hydrogen) atoms. The van der Waals surface area contributed by atoms with Gasteiger partial charge in [-0.1, -0.05) is 17.5 Å². The Hall–Kier alpha value is -3.01. The molecule has 0 amide bonds. The minimum atomic E-state index is 0. The van der Waals surface area contributed by atoms with Gasteiger partial charge in [0.25, 0.3) is 0 Å². The largest absolute Gasteiger partial charge is 0.394 e. The first-order valence-electron chi connectivity index (χ1n) is 9.52. The van der Waals surface area contributed by atoms with Crippen LogP contribution in [0.25, 0.3) is 27.8 Å². The number of rotatable bonds is 2. The molecule has 0 saturated carbocycles. The second-order valence-electron chi connectivity index (χ2n) is 6.90. The van der Waals surface area contributed by atoms with Crippen molar-refractivity contribution in [3.8, 4) is 16.9 Å². The van der Waals surface area contributed by atoms with Gasteiger partial charge < -0.3 is 9.55 Å². The fourth-order valence-electron chi connectivity index (χ4n) is 3.39. The van der Waals surface area contributed by atoms with Gasteiger partial charge in [-0.25, -0.2) is 0 Å². The van der Waals surface area contributed by atoms with E-state index in [-0.39, 0.29) is 20.1 Å². The van der Waals surface area contributed by atoms with Crippen molar-refractivity contribution >= 4 is 10.9 Å². The van der Waals surface area contributed by atoms with Crippen molar-refractivity contribution in [3.05, 3.63) is 103 Å². The standard InChI is InChI=1S/C14H15N3.C11H8N.Ir/c1-11-14(17-9-8-15(2)10-17)12-6-4-5-7-13(12)16(11)3;1-2-6-10(7-3-1)11-8-4-5-9-12-11;/h4-5,7-10H,1-3H3;1-6,8-9H;/q;-1;. The van der Waals surface area contributed by atoms with Crippen LogP contribution in [0.2, 0.25) is 0 Å². The molecule has 0 saturated heterocycles. The van der Waals surface area contributed by atoms with Gasteiger partial charge in [-0.2, -0.15) is 0 Å². The molecule has 3 aromatic heterocycles. The van der Waals surface area contributed by atoms with Crippen LogP contribution in [-0.2, 0) is 34.2 Å². The van der Waals surface area contributed by atoms with Crippen LogP contribution in [0.5, 0.6) is 0 Å². The second-order valence-corrected chi connectivity index (χ2v) is 6.90. The molecule has 0 N–H and O–H groups in total. The predicted molar refractivity (Wildman–Crippen MR) is 118 cm³/mol. The van der Waals surface area contributed by atoms with Crippen LogP contribution in [0.4, 0.5) is 0 Å². The molecule has 5 heteroatoms. The third-order valence-electron chi connectivity index (χ3n) is 4.96. The zero-order valence-electron chi connectivity index (χ0n) is 17.2. The van der Waals surface area contributed by atoms with Gasteiger partial charge in [-0.15, -0.1) is 60.2 Å². The first-order chi connectivity index (χ1) is 14.1. The summed E-state index contributed by atoms with van der Waals surface area (Å²) < 4.78 is 6.40. The molecule has 0 fully saturated rings. The van der Waals surface area contributed by atoms with Crippen LogP contribution in [0, 0.1) is 19.1 Å². The number of hydrogen-bond acceptors (Lipinski definition) is 1. The van der Waals surface area contributed by atoms with Crippen LogP contribution >= 0.6 is 0 Å². The summed E-state index contributed by atoms with van der Waals surface area (Å²) in [5.74, 6) is 0. The van der Waals surface area contributed by atoms with Crippen molar-refractivity contribution < 1.29 is 20.1 Å². The van der Waals surface area contributed by atoms with Crippen molar-refractivity contribution in [3.63, 3.8) is 0 Å². The molecule has 0 spiro atoms. The molecule has 5 aromatic rings. The van der Waals surface area contributed by atoms with Gasteiger partial charge in [-0.05, 0) is 29.9 Å². The Labute approximate surface area is 190 Å². The molecule has 2 aromatic carbocycles. The third kappa shape index (κ3) is 4.43. The SMILES string of the molecule is Cc1c(-n2ccn(C)[cH+]2)c2[c-]cccc2n1C.[Ir].[c-]1ccccc1-c1ccccn1. The quantitative estimate of drug-likeness (QED) is 0.266. The smallest absolute Gasteiger partial charge is 0.146 e. The maximum Gasteiger partial charge on any atom is 0.146 e. The first-order valence-corrected chi connectivity index (χ1v) is 9.52. The molecule has 5 rings (SSSR count). The summed E-state index contributed by atoms with van der Waals surface area (Å²) in [6, 6.07) is 26.3. The van der Waals surface area contributed by atoms with Crippen LogP contribution in [0.3, 0.4) is 0 Å². The van der Waals surface area contributed by atoms with Crippen molar-refractivity contribution in [2.45, 2.75) is 6.92 Å². The number of aromatic nitrogens is 4. The van der Waals surface area contributed by atoms with E-state index in [2.05, 4.69) is 58.8 Å². The maximum absolute atomic E-state index is 4.22. The van der Waals surface area contributed by atoms with E-state index in [1.54, 1.807) is 6.20 Å². The zero-order chi connectivity index (χ0) is 20.2. The van der Waals surface area contributed by atoms with Crippen LogP contribution in [0.15, 0.2) is 85.6 Å². The van der Waals surface area contributed by atoms with Crippen LogP contribution < -0.4 is 0 Å². The van der Waals surface area contributed by atoms with E-state index in [1.807, 2.05) is 72.4 Å². The van der Waals surface area contributed by atoms with Crippen molar-refractivity contribution in [2.24, 2.45) is 14.1 Å². The molecule has 0 bridgehead atoms. The average Bonchev–Trinajstić information content (AvgIpc) is 3.31. The van der Waals surface area contributed by atoms with E-state index < -0.39 is 0 Å². The third-order valence-corrected chi connectivity index (χ3v) is 4.96. The number of pyridine rings is 1. The van der Waals surface area contributed by atoms with Gasteiger partial charge in [0.15, 0.2) is 0 Å². The summed E-state index contributed by atoms with van der Waals surface area (Å²) in [4.78, 5) is 4.22. The van der Waals surface area contributed by atoms with Gasteiger partial charge in [0.1, 0.15) is 18.7 Å². The average molecular weight is 572 g/mol. The number of nitrogens with zero attached hydrogens (tertiary/aromatic N) is 4. The maximum atomic E-state index is 4.22. The predicted octanol–water partition coefficient (Wildman–Crippen LogP) is 5.24. The molecular weight excluding hydrogens is 549 g/mol. The van der Waals surface area contributed by atoms with E-state index in [9.17, 15) is 0 Å². The molecule has 0 atom stereocenters. The minimum Gasteiger partial charge on any atom is -0.394 e. The normalized spacial score (nSPS) is 10.2. The topological polar surface area (TPSA) is 27.7 Å². The summed E-state index contributed by atoms with van der Waals surface area (Å²) in [7, 11) is 4.12. The molecule has 1 radical (unpaired) electrons. The summed E-state index contributed by atoms with van der Waals surface area (Å²) in [5.41, 5.74) is 5.69. The Kier molecular flexibility index (Phi) is 6.98. The molecule has 4 nitrogen and oxygen atoms in total. The second kappa shape index (κ2) is 9.66. The van der Waals surface area contributed by atoms with E-state index in [1.165, 1.54) is 22.3 Å². The molecular formula is C25H23IrN4-. The van der Waals surface area contributed by atoms with Gasteiger partial charge in [0.05, 0.1) is 0 Å². The first kappa shape index (κ1) is 21.7. The number of benzene rings is 2. The van der Waals surface area contributed by atoms with Crippen LogP contribution in [0.1, 0.15) is 5.69 Å². The number of aryl methyl sites for hydroxylation is 2. The van der Waals surface area contributed by atoms with E-state index in [4.69, 9.17) is 0 Å². The molecule has 0 aliphatic rings. The number of fused-ring (bicyclic) bond motifs is 1. The van der Waals surface area contributed by atoms with Crippen molar-refractivity contribution in [2.75, 3.05) is 0 Å².